The SMILES string of the molecule is CCNC(Cc1ncc(C)c(OC)c1C)C(C)OCC. The largest absolute Gasteiger partial charge is 0.496 e. The zero-order valence-corrected chi connectivity index (χ0v) is 13.6. The van der Waals surface area contributed by atoms with E-state index in [0.717, 1.165) is 42.1 Å². The molecule has 1 aromatic rings. The molecule has 1 aromatic heterocycles. The van der Waals surface area contributed by atoms with Crippen LogP contribution in [0.2, 0.25) is 0 Å². The smallest absolute Gasteiger partial charge is 0.128 e. The maximum absolute atomic E-state index is 5.73. The van der Waals surface area contributed by atoms with Gasteiger partial charge in [-0.25, -0.2) is 0 Å². The van der Waals surface area contributed by atoms with Gasteiger partial charge in [-0.3, -0.25) is 4.98 Å². The van der Waals surface area contributed by atoms with E-state index in [1.807, 2.05) is 20.0 Å². The highest BCUT2D eigenvalue weighted by Crippen LogP contribution is 2.25. The van der Waals surface area contributed by atoms with Gasteiger partial charge in [-0.05, 0) is 34.2 Å². The maximum Gasteiger partial charge on any atom is 0.128 e. The van der Waals surface area contributed by atoms with Crippen LogP contribution < -0.4 is 10.1 Å². The average molecular weight is 280 g/mol. The summed E-state index contributed by atoms with van der Waals surface area (Å²) in [5.41, 5.74) is 3.27. The lowest BCUT2D eigenvalue weighted by molar-refractivity contribution is 0.0477. The van der Waals surface area contributed by atoms with Crippen molar-refractivity contribution in [1.29, 1.82) is 0 Å². The topological polar surface area (TPSA) is 43.4 Å². The first-order chi connectivity index (χ1) is 9.54. The first-order valence-electron chi connectivity index (χ1n) is 7.39. The Kier molecular flexibility index (Phi) is 6.96. The first-order valence-corrected chi connectivity index (χ1v) is 7.39. The number of methoxy groups -OCH3 is 1. The summed E-state index contributed by atoms with van der Waals surface area (Å²) in [5, 5.41) is 3.49. The predicted octanol–water partition coefficient (Wildman–Crippen LogP) is 2.65. The molecular formula is C16H28N2O2. The number of nitrogens with zero attached hydrogens (tertiary/aromatic N) is 1. The molecule has 0 aliphatic heterocycles. The normalized spacial score (nSPS) is 14.1. The lowest BCUT2D eigenvalue weighted by atomic mass is 10.0. The quantitative estimate of drug-likeness (QED) is 0.795. The molecule has 0 aliphatic rings. The third-order valence-corrected chi connectivity index (χ3v) is 3.63. The lowest BCUT2D eigenvalue weighted by Crippen LogP contribution is -2.41. The average Bonchev–Trinajstić information content (AvgIpc) is 2.42. The number of aryl methyl sites for hydroxylation is 1. The molecule has 2 atom stereocenters. The number of rotatable bonds is 8. The summed E-state index contributed by atoms with van der Waals surface area (Å²) in [6, 6.07) is 0.263. The third-order valence-electron chi connectivity index (χ3n) is 3.63. The first kappa shape index (κ1) is 16.9. The number of hydrogen-bond acceptors (Lipinski definition) is 4. The molecule has 4 heteroatoms. The highest BCUT2D eigenvalue weighted by Gasteiger charge is 2.20. The van der Waals surface area contributed by atoms with E-state index in [9.17, 15) is 0 Å². The molecule has 0 aromatic carbocycles. The fourth-order valence-electron chi connectivity index (χ4n) is 2.53. The van der Waals surface area contributed by atoms with E-state index >= 15 is 0 Å². The molecule has 0 saturated carbocycles. The minimum absolute atomic E-state index is 0.161. The van der Waals surface area contributed by atoms with Crippen LogP contribution in [0.5, 0.6) is 5.75 Å². The Balaban J connectivity index is 2.93. The van der Waals surface area contributed by atoms with Crippen molar-refractivity contribution in [2.75, 3.05) is 20.3 Å². The minimum atomic E-state index is 0.161. The zero-order valence-electron chi connectivity index (χ0n) is 13.6. The fraction of sp³-hybridized carbons (Fsp3) is 0.688. The molecule has 0 fully saturated rings. The van der Waals surface area contributed by atoms with Crippen LogP contribution in [0, 0.1) is 13.8 Å². The van der Waals surface area contributed by atoms with Gasteiger partial charge < -0.3 is 14.8 Å². The molecule has 114 valence electrons. The Labute approximate surface area is 122 Å². The van der Waals surface area contributed by atoms with E-state index in [0.29, 0.717) is 0 Å². The second-order valence-corrected chi connectivity index (χ2v) is 5.07. The van der Waals surface area contributed by atoms with Gasteiger partial charge in [0.25, 0.3) is 0 Å². The monoisotopic (exact) mass is 280 g/mol. The van der Waals surface area contributed by atoms with Crippen LogP contribution in [0.3, 0.4) is 0 Å². The van der Waals surface area contributed by atoms with Crippen molar-refractivity contribution in [2.45, 2.75) is 53.2 Å². The zero-order chi connectivity index (χ0) is 15.1. The van der Waals surface area contributed by atoms with Crippen LogP contribution in [0.15, 0.2) is 6.20 Å². The van der Waals surface area contributed by atoms with E-state index in [1.54, 1.807) is 7.11 Å². The summed E-state index contributed by atoms with van der Waals surface area (Å²) in [5.74, 6) is 0.939. The molecule has 0 spiro atoms. The second-order valence-electron chi connectivity index (χ2n) is 5.07. The van der Waals surface area contributed by atoms with Gasteiger partial charge >= 0.3 is 0 Å². The molecule has 1 N–H and O–H groups in total. The molecule has 1 rings (SSSR count). The van der Waals surface area contributed by atoms with E-state index < -0.39 is 0 Å². The molecule has 0 amide bonds. The Morgan fingerprint density at radius 1 is 1.30 bits per heavy atom. The second kappa shape index (κ2) is 8.22. The number of hydrogen-bond donors (Lipinski definition) is 1. The van der Waals surface area contributed by atoms with Crippen LogP contribution in [0.1, 0.15) is 37.6 Å². The van der Waals surface area contributed by atoms with Crippen LogP contribution in [-0.4, -0.2) is 37.4 Å². The summed E-state index contributed by atoms with van der Waals surface area (Å²) >= 11 is 0. The molecule has 0 saturated heterocycles. The van der Waals surface area contributed by atoms with Gasteiger partial charge in [0.2, 0.25) is 0 Å². The summed E-state index contributed by atoms with van der Waals surface area (Å²) in [6.07, 6.45) is 2.89. The molecular weight excluding hydrogens is 252 g/mol. The number of nitrogens with one attached hydrogen (secondary N) is 1. The van der Waals surface area contributed by atoms with Gasteiger partial charge in [-0.15, -0.1) is 0 Å². The highest BCUT2D eigenvalue weighted by molar-refractivity contribution is 5.41. The Morgan fingerprint density at radius 2 is 2.00 bits per heavy atom. The van der Waals surface area contributed by atoms with Crippen molar-refractivity contribution >= 4 is 0 Å². The van der Waals surface area contributed by atoms with Gasteiger partial charge in [0.05, 0.1) is 13.2 Å². The van der Waals surface area contributed by atoms with Gasteiger partial charge in [0.15, 0.2) is 0 Å². The van der Waals surface area contributed by atoms with Gasteiger partial charge in [0.1, 0.15) is 5.75 Å². The van der Waals surface area contributed by atoms with Crippen LogP contribution in [0.25, 0.3) is 0 Å². The van der Waals surface area contributed by atoms with E-state index in [-0.39, 0.29) is 12.1 Å². The number of pyridine rings is 1. The van der Waals surface area contributed by atoms with Crippen molar-refractivity contribution in [3.8, 4) is 5.75 Å². The van der Waals surface area contributed by atoms with Crippen molar-refractivity contribution in [3.05, 3.63) is 23.0 Å². The number of likely N-dealkylation sites (N-methyl/N-ethyl adjacent to an activating group) is 1. The minimum Gasteiger partial charge on any atom is -0.496 e. The van der Waals surface area contributed by atoms with Gasteiger partial charge in [-0.1, -0.05) is 6.92 Å². The predicted molar refractivity (Wildman–Crippen MR) is 82.5 cm³/mol. The third kappa shape index (κ3) is 4.18. The molecule has 0 radical (unpaired) electrons. The lowest BCUT2D eigenvalue weighted by Gasteiger charge is -2.25. The molecule has 0 aliphatic carbocycles. The maximum atomic E-state index is 5.73. The fourth-order valence-corrected chi connectivity index (χ4v) is 2.53. The molecule has 1 heterocycles. The van der Waals surface area contributed by atoms with Crippen molar-refractivity contribution in [3.63, 3.8) is 0 Å². The number of ether oxygens (including phenoxy) is 2. The van der Waals surface area contributed by atoms with Crippen LogP contribution >= 0.6 is 0 Å². The van der Waals surface area contributed by atoms with Gasteiger partial charge in [-0.2, -0.15) is 0 Å². The molecule has 4 nitrogen and oxygen atoms in total. The van der Waals surface area contributed by atoms with Crippen molar-refractivity contribution in [1.82, 2.24) is 10.3 Å². The summed E-state index contributed by atoms with van der Waals surface area (Å²) in [7, 11) is 1.71. The molecule has 2 unspecified atom stereocenters. The summed E-state index contributed by atoms with van der Waals surface area (Å²) in [4.78, 5) is 4.58. The summed E-state index contributed by atoms with van der Waals surface area (Å²) in [6.45, 7) is 12.0. The molecule has 0 bridgehead atoms. The Hall–Kier alpha value is -1.13. The van der Waals surface area contributed by atoms with E-state index in [4.69, 9.17) is 9.47 Å². The number of aromatic nitrogens is 1. The van der Waals surface area contributed by atoms with Gasteiger partial charge in [0, 0.05) is 42.1 Å². The van der Waals surface area contributed by atoms with E-state index in [1.165, 1.54) is 0 Å². The highest BCUT2D eigenvalue weighted by atomic mass is 16.5. The Bertz CT molecular complexity index is 421. The van der Waals surface area contributed by atoms with Crippen LogP contribution in [0.4, 0.5) is 0 Å². The van der Waals surface area contributed by atoms with Crippen molar-refractivity contribution in [2.24, 2.45) is 0 Å². The van der Waals surface area contributed by atoms with Crippen LogP contribution in [-0.2, 0) is 11.2 Å². The standard InChI is InChI=1S/C16H28N2O2/c1-7-17-15(13(5)20-8-2)9-14-12(4)16(19-6)11(3)10-18-14/h10,13,15,17H,7-9H2,1-6H3. The van der Waals surface area contributed by atoms with E-state index in [2.05, 4.69) is 31.1 Å². The Morgan fingerprint density at radius 3 is 2.55 bits per heavy atom. The van der Waals surface area contributed by atoms with Crippen molar-refractivity contribution < 1.29 is 9.47 Å². The molecule has 20 heavy (non-hydrogen) atoms. The summed E-state index contributed by atoms with van der Waals surface area (Å²) < 4.78 is 11.2.